The molecule has 1 aliphatic rings. The van der Waals surface area contributed by atoms with Gasteiger partial charge in [0.15, 0.2) is 5.76 Å². The molecule has 0 saturated carbocycles. The Bertz CT molecular complexity index is 846. The van der Waals surface area contributed by atoms with Crippen LogP contribution in [0.4, 0.5) is 0 Å². The van der Waals surface area contributed by atoms with E-state index in [1.165, 1.54) is 6.26 Å². The van der Waals surface area contributed by atoms with Crippen LogP contribution in [0.3, 0.4) is 0 Å². The second-order valence-corrected chi connectivity index (χ2v) is 6.87. The highest BCUT2D eigenvalue weighted by atomic mass is 16.3. The number of aromatic amines is 1. The molecule has 2 aromatic heterocycles. The average molecular weight is 372 g/mol. The second kappa shape index (κ2) is 8.20. The third kappa shape index (κ3) is 4.64. The Balaban J connectivity index is 1.53. The molecule has 1 atom stereocenters. The molecule has 8 nitrogen and oxygen atoms in total. The molecule has 144 valence electrons. The largest absolute Gasteiger partial charge is 0.459 e. The van der Waals surface area contributed by atoms with Crippen molar-refractivity contribution in [2.45, 2.75) is 45.6 Å². The molecule has 1 saturated heterocycles. The fourth-order valence-corrected chi connectivity index (χ4v) is 3.50. The average Bonchev–Trinajstić information content (AvgIpc) is 3.15. The Hall–Kier alpha value is -2.90. The minimum atomic E-state index is -0.373. The summed E-state index contributed by atoms with van der Waals surface area (Å²) in [6, 6.07) is 3.26. The zero-order valence-electron chi connectivity index (χ0n) is 15.6. The van der Waals surface area contributed by atoms with Gasteiger partial charge < -0.3 is 19.6 Å². The van der Waals surface area contributed by atoms with Gasteiger partial charge in [-0.2, -0.15) is 4.98 Å². The highest BCUT2D eigenvalue weighted by Crippen LogP contribution is 2.15. The molecule has 3 heterocycles. The van der Waals surface area contributed by atoms with Crippen LogP contribution in [-0.2, 0) is 11.2 Å². The predicted molar refractivity (Wildman–Crippen MR) is 98.4 cm³/mol. The fourth-order valence-electron chi connectivity index (χ4n) is 3.50. The number of hydrogen-bond acceptors (Lipinski definition) is 5. The number of rotatable bonds is 5. The molecule has 8 heteroatoms. The maximum atomic E-state index is 12.4. The third-order valence-corrected chi connectivity index (χ3v) is 4.86. The minimum absolute atomic E-state index is 0.0685. The van der Waals surface area contributed by atoms with Crippen molar-refractivity contribution >= 4 is 11.8 Å². The van der Waals surface area contributed by atoms with Gasteiger partial charge in [-0.25, -0.2) is 4.79 Å². The second-order valence-electron chi connectivity index (χ2n) is 6.87. The number of nitrogens with one attached hydrogen (secondary N) is 2. The highest BCUT2D eigenvalue weighted by Gasteiger charge is 2.26. The molecule has 0 radical (unpaired) electrons. The quantitative estimate of drug-likeness (QED) is 0.823. The van der Waals surface area contributed by atoms with Gasteiger partial charge in [0.05, 0.1) is 6.26 Å². The van der Waals surface area contributed by atoms with Crippen molar-refractivity contribution in [2.75, 3.05) is 13.1 Å². The molecule has 0 spiro atoms. The highest BCUT2D eigenvalue weighted by molar-refractivity contribution is 5.91. The van der Waals surface area contributed by atoms with E-state index in [-0.39, 0.29) is 23.5 Å². The van der Waals surface area contributed by atoms with E-state index < -0.39 is 0 Å². The molecule has 1 fully saturated rings. The summed E-state index contributed by atoms with van der Waals surface area (Å²) in [5, 5.41) is 3.01. The van der Waals surface area contributed by atoms with Crippen molar-refractivity contribution in [3.05, 3.63) is 51.6 Å². The first kappa shape index (κ1) is 18.9. The molecule has 2 amide bonds. The van der Waals surface area contributed by atoms with Gasteiger partial charge in [0.25, 0.3) is 5.91 Å². The minimum Gasteiger partial charge on any atom is -0.459 e. The predicted octanol–water partition coefficient (Wildman–Crippen LogP) is 1.33. The van der Waals surface area contributed by atoms with E-state index in [1.54, 1.807) is 24.0 Å². The normalized spacial score (nSPS) is 17.0. The Morgan fingerprint density at radius 2 is 2.22 bits per heavy atom. The van der Waals surface area contributed by atoms with Crippen molar-refractivity contribution in [3.63, 3.8) is 0 Å². The summed E-state index contributed by atoms with van der Waals surface area (Å²) in [6.07, 6.45) is 3.96. The van der Waals surface area contributed by atoms with E-state index in [2.05, 4.69) is 15.3 Å². The van der Waals surface area contributed by atoms with Crippen molar-refractivity contribution < 1.29 is 14.0 Å². The van der Waals surface area contributed by atoms with Crippen LogP contribution in [0.5, 0.6) is 0 Å². The van der Waals surface area contributed by atoms with Crippen LogP contribution in [0.25, 0.3) is 0 Å². The Kier molecular flexibility index (Phi) is 5.73. The topological polar surface area (TPSA) is 108 Å². The van der Waals surface area contributed by atoms with Crippen LogP contribution >= 0.6 is 0 Å². The van der Waals surface area contributed by atoms with Gasteiger partial charge in [-0.15, -0.1) is 0 Å². The number of nitrogens with zero attached hydrogens (tertiary/aromatic N) is 2. The summed E-state index contributed by atoms with van der Waals surface area (Å²) in [4.78, 5) is 44.4. The number of amides is 2. The van der Waals surface area contributed by atoms with Gasteiger partial charge >= 0.3 is 5.69 Å². The molecular formula is C19H24N4O4. The maximum Gasteiger partial charge on any atom is 0.345 e. The van der Waals surface area contributed by atoms with Crippen molar-refractivity contribution in [1.29, 1.82) is 0 Å². The summed E-state index contributed by atoms with van der Waals surface area (Å²) in [6.45, 7) is 4.72. The lowest BCUT2D eigenvalue weighted by Crippen LogP contribution is -2.49. The number of piperidine rings is 1. The monoisotopic (exact) mass is 372 g/mol. The van der Waals surface area contributed by atoms with Crippen LogP contribution in [-0.4, -0.2) is 45.8 Å². The van der Waals surface area contributed by atoms with E-state index in [1.807, 2.05) is 6.92 Å². The van der Waals surface area contributed by atoms with E-state index >= 15 is 0 Å². The number of carbonyl (C=O) groups is 2. The number of likely N-dealkylation sites (tertiary alicyclic amines) is 1. The van der Waals surface area contributed by atoms with Crippen molar-refractivity contribution in [2.24, 2.45) is 0 Å². The van der Waals surface area contributed by atoms with Crippen LogP contribution in [0.2, 0.25) is 0 Å². The number of carbonyl (C=O) groups excluding carboxylic acids is 2. The third-order valence-electron chi connectivity index (χ3n) is 4.86. The molecular weight excluding hydrogens is 348 g/mol. The lowest BCUT2D eigenvalue weighted by atomic mass is 10.0. The first-order valence-electron chi connectivity index (χ1n) is 9.12. The molecule has 3 rings (SSSR count). The Morgan fingerprint density at radius 3 is 2.93 bits per heavy atom. The number of aryl methyl sites for hydroxylation is 2. The van der Waals surface area contributed by atoms with Gasteiger partial charge in [-0.1, -0.05) is 0 Å². The molecule has 2 aromatic rings. The lowest BCUT2D eigenvalue weighted by Gasteiger charge is -2.32. The Morgan fingerprint density at radius 1 is 1.41 bits per heavy atom. The SMILES string of the molecule is Cc1nc(=O)[nH]c(C)c1CCC(=O)N[C@@H]1CCCN(C(=O)c2ccco2)C1. The van der Waals surface area contributed by atoms with Gasteiger partial charge in [0.1, 0.15) is 0 Å². The van der Waals surface area contributed by atoms with Crippen molar-refractivity contribution in [1.82, 2.24) is 20.2 Å². The molecule has 0 aliphatic carbocycles. The van der Waals surface area contributed by atoms with E-state index in [0.717, 1.165) is 24.1 Å². The van der Waals surface area contributed by atoms with Crippen LogP contribution in [0.15, 0.2) is 27.6 Å². The Labute approximate surface area is 157 Å². The number of furan rings is 1. The summed E-state index contributed by atoms with van der Waals surface area (Å²) in [5.41, 5.74) is 1.91. The van der Waals surface area contributed by atoms with Gasteiger partial charge in [0, 0.05) is 36.9 Å². The molecule has 0 unspecified atom stereocenters. The van der Waals surface area contributed by atoms with Crippen molar-refractivity contribution in [3.8, 4) is 0 Å². The smallest absolute Gasteiger partial charge is 0.345 e. The van der Waals surface area contributed by atoms with E-state index in [0.29, 0.717) is 37.4 Å². The zero-order chi connectivity index (χ0) is 19.4. The molecule has 27 heavy (non-hydrogen) atoms. The first-order chi connectivity index (χ1) is 12.9. The number of hydrogen-bond donors (Lipinski definition) is 2. The van der Waals surface area contributed by atoms with Gasteiger partial charge in [-0.3, -0.25) is 9.59 Å². The molecule has 0 bridgehead atoms. The van der Waals surface area contributed by atoms with Gasteiger partial charge in [-0.05, 0) is 50.8 Å². The van der Waals surface area contributed by atoms with E-state index in [4.69, 9.17) is 4.42 Å². The van der Waals surface area contributed by atoms with Crippen LogP contribution < -0.4 is 11.0 Å². The maximum absolute atomic E-state index is 12.4. The summed E-state index contributed by atoms with van der Waals surface area (Å²) < 4.78 is 5.17. The molecule has 2 N–H and O–H groups in total. The first-order valence-corrected chi connectivity index (χ1v) is 9.12. The van der Waals surface area contributed by atoms with E-state index in [9.17, 15) is 14.4 Å². The van der Waals surface area contributed by atoms with Gasteiger partial charge in [0.2, 0.25) is 5.91 Å². The molecule has 1 aliphatic heterocycles. The standard InChI is InChI=1S/C19H24N4O4/c1-12-15(13(2)21-19(26)20-12)7-8-17(24)22-14-5-3-9-23(11-14)18(25)16-6-4-10-27-16/h4,6,10,14H,3,5,7-9,11H2,1-2H3,(H,22,24)(H,20,21,26)/t14-/m1/s1. The summed E-state index contributed by atoms with van der Waals surface area (Å²) in [7, 11) is 0. The lowest BCUT2D eigenvalue weighted by molar-refractivity contribution is -0.122. The van der Waals surface area contributed by atoms with Crippen LogP contribution in [0, 0.1) is 13.8 Å². The number of aromatic nitrogens is 2. The fraction of sp³-hybridized carbons (Fsp3) is 0.474. The summed E-state index contributed by atoms with van der Waals surface area (Å²) >= 11 is 0. The zero-order valence-corrected chi connectivity index (χ0v) is 15.6. The molecule has 0 aromatic carbocycles. The number of H-pyrrole nitrogens is 1. The van der Waals surface area contributed by atoms with Crippen LogP contribution in [0.1, 0.15) is 46.8 Å². The summed E-state index contributed by atoms with van der Waals surface area (Å²) in [5.74, 6) is 0.0975.